The van der Waals surface area contributed by atoms with Crippen LogP contribution in [0.5, 0.6) is 11.8 Å². The number of hydrogen-bond acceptors (Lipinski definition) is 6. The highest BCUT2D eigenvalue weighted by Crippen LogP contribution is 2.18. The molecule has 0 fully saturated rings. The fourth-order valence-corrected chi connectivity index (χ4v) is 1.51. The first kappa shape index (κ1) is 12.7. The maximum Gasteiger partial charge on any atom is 0.310 e. The van der Waals surface area contributed by atoms with Crippen molar-refractivity contribution in [1.29, 1.82) is 0 Å². The number of aromatic amines is 1. The van der Waals surface area contributed by atoms with E-state index in [0.717, 1.165) is 0 Å². The number of nitrogens with one attached hydrogen (secondary N) is 1. The predicted molar refractivity (Wildman–Crippen MR) is 65.0 cm³/mol. The van der Waals surface area contributed by atoms with Gasteiger partial charge >= 0.3 is 17.9 Å². The minimum Gasteiger partial charge on any atom is -0.427 e. The third kappa shape index (κ3) is 2.95. The summed E-state index contributed by atoms with van der Waals surface area (Å²) < 4.78 is 9.57. The molecule has 0 radical (unpaired) electrons. The Balaban J connectivity index is 2.50. The summed E-state index contributed by atoms with van der Waals surface area (Å²) in [6.07, 6.45) is 0. The molecular weight excluding hydrogens is 252 g/mol. The van der Waals surface area contributed by atoms with Gasteiger partial charge in [-0.05, 0) is 18.2 Å². The maximum atomic E-state index is 11.8. The van der Waals surface area contributed by atoms with E-state index in [2.05, 4.69) is 9.97 Å². The second-order valence-corrected chi connectivity index (χ2v) is 3.74. The number of carbonyl (C=O) groups is 2. The molecule has 0 saturated carbocycles. The largest absolute Gasteiger partial charge is 0.427 e. The van der Waals surface area contributed by atoms with Gasteiger partial charge in [0.15, 0.2) is 0 Å². The number of carbonyl (C=O) groups excluding carboxylic acids is 2. The van der Waals surface area contributed by atoms with Crippen molar-refractivity contribution in [2.45, 2.75) is 13.8 Å². The van der Waals surface area contributed by atoms with Crippen LogP contribution in [0.3, 0.4) is 0 Å². The van der Waals surface area contributed by atoms with Crippen molar-refractivity contribution in [1.82, 2.24) is 9.97 Å². The number of nitrogens with zero attached hydrogens (tertiary/aromatic N) is 1. The van der Waals surface area contributed by atoms with Crippen LogP contribution in [0.25, 0.3) is 10.9 Å². The minimum atomic E-state index is -0.584. The Kier molecular flexibility index (Phi) is 3.28. The van der Waals surface area contributed by atoms with Gasteiger partial charge in [-0.15, -0.1) is 0 Å². The zero-order valence-electron chi connectivity index (χ0n) is 10.2. The molecule has 0 atom stereocenters. The second kappa shape index (κ2) is 4.89. The number of hydrogen-bond donors (Lipinski definition) is 1. The van der Waals surface area contributed by atoms with Gasteiger partial charge < -0.3 is 9.47 Å². The van der Waals surface area contributed by atoms with Crippen molar-refractivity contribution in [2.24, 2.45) is 0 Å². The van der Waals surface area contributed by atoms with E-state index in [4.69, 9.17) is 9.47 Å². The summed E-state index contributed by atoms with van der Waals surface area (Å²) >= 11 is 0. The smallest absolute Gasteiger partial charge is 0.310 e. The molecule has 1 aromatic heterocycles. The normalized spacial score (nSPS) is 10.2. The van der Waals surface area contributed by atoms with Crippen molar-refractivity contribution < 1.29 is 19.1 Å². The van der Waals surface area contributed by atoms with Gasteiger partial charge in [0.2, 0.25) is 0 Å². The van der Waals surface area contributed by atoms with E-state index < -0.39 is 17.5 Å². The molecule has 2 aromatic rings. The summed E-state index contributed by atoms with van der Waals surface area (Å²) in [5.74, 6) is -0.827. The Morgan fingerprint density at radius 2 is 1.84 bits per heavy atom. The topological polar surface area (TPSA) is 98.3 Å². The molecule has 19 heavy (non-hydrogen) atoms. The lowest BCUT2D eigenvalue weighted by Crippen LogP contribution is -2.13. The first-order chi connectivity index (χ1) is 8.95. The van der Waals surface area contributed by atoms with Gasteiger partial charge in [0.25, 0.3) is 5.56 Å². The van der Waals surface area contributed by atoms with Crippen LogP contribution in [-0.4, -0.2) is 21.9 Å². The molecule has 2 rings (SSSR count). The Hall–Kier alpha value is -2.70. The highest BCUT2D eigenvalue weighted by molar-refractivity contribution is 5.81. The fourth-order valence-electron chi connectivity index (χ4n) is 1.51. The molecule has 7 nitrogen and oxygen atoms in total. The Morgan fingerprint density at radius 3 is 2.47 bits per heavy atom. The summed E-state index contributed by atoms with van der Waals surface area (Å²) in [6, 6.07) is 4.20. The van der Waals surface area contributed by atoms with Gasteiger partial charge in [0, 0.05) is 13.8 Å². The van der Waals surface area contributed by atoms with Crippen molar-refractivity contribution >= 4 is 22.8 Å². The maximum absolute atomic E-state index is 11.8. The van der Waals surface area contributed by atoms with E-state index in [1.54, 1.807) is 0 Å². The number of ether oxygens (including phenoxy) is 2. The van der Waals surface area contributed by atoms with E-state index >= 15 is 0 Å². The van der Waals surface area contributed by atoms with Crippen LogP contribution in [0.4, 0.5) is 0 Å². The van der Waals surface area contributed by atoms with E-state index in [0.29, 0.717) is 5.52 Å². The number of esters is 2. The zero-order chi connectivity index (χ0) is 14.0. The molecule has 1 aromatic carbocycles. The number of fused-ring (bicyclic) bond motifs is 1. The van der Waals surface area contributed by atoms with Crippen LogP contribution < -0.4 is 15.0 Å². The zero-order valence-corrected chi connectivity index (χ0v) is 10.2. The van der Waals surface area contributed by atoms with E-state index in [-0.39, 0.29) is 17.1 Å². The van der Waals surface area contributed by atoms with Crippen LogP contribution in [0.1, 0.15) is 13.8 Å². The molecule has 7 heteroatoms. The quantitative estimate of drug-likeness (QED) is 0.634. The highest BCUT2D eigenvalue weighted by atomic mass is 16.5. The van der Waals surface area contributed by atoms with Gasteiger partial charge in [-0.25, -0.2) is 0 Å². The molecule has 0 spiro atoms. The van der Waals surface area contributed by atoms with Crippen LogP contribution >= 0.6 is 0 Å². The first-order valence-corrected chi connectivity index (χ1v) is 5.36. The van der Waals surface area contributed by atoms with Crippen molar-refractivity contribution in [3.8, 4) is 11.8 Å². The summed E-state index contributed by atoms with van der Waals surface area (Å²) in [6.45, 7) is 2.46. The van der Waals surface area contributed by atoms with Gasteiger partial charge in [0.1, 0.15) is 5.75 Å². The van der Waals surface area contributed by atoms with E-state index in [1.165, 1.54) is 32.0 Å². The van der Waals surface area contributed by atoms with Gasteiger partial charge in [0.05, 0.1) is 10.9 Å². The van der Waals surface area contributed by atoms with Gasteiger partial charge in [-0.2, -0.15) is 4.98 Å². The van der Waals surface area contributed by atoms with Crippen LogP contribution in [-0.2, 0) is 9.59 Å². The third-order valence-corrected chi connectivity index (χ3v) is 2.16. The summed E-state index contributed by atoms with van der Waals surface area (Å²) in [5.41, 5.74) is -0.161. The number of H-pyrrole nitrogens is 1. The lowest BCUT2D eigenvalue weighted by Gasteiger charge is -2.04. The summed E-state index contributed by atoms with van der Waals surface area (Å²) in [4.78, 5) is 39.7. The monoisotopic (exact) mass is 262 g/mol. The molecule has 98 valence electrons. The SMILES string of the molecule is CC(=O)Oc1ccc2nc(OC(C)=O)[nH]c(=O)c2c1. The molecule has 1 N–H and O–H groups in total. The number of rotatable bonds is 2. The van der Waals surface area contributed by atoms with Crippen LogP contribution in [0.2, 0.25) is 0 Å². The molecule has 0 aliphatic rings. The third-order valence-electron chi connectivity index (χ3n) is 2.16. The molecule has 0 bridgehead atoms. The molecule has 0 unspecified atom stereocenters. The van der Waals surface area contributed by atoms with Gasteiger partial charge in [-0.1, -0.05) is 0 Å². The van der Waals surface area contributed by atoms with Gasteiger partial charge in [-0.3, -0.25) is 19.4 Å². The van der Waals surface area contributed by atoms with Crippen LogP contribution in [0.15, 0.2) is 23.0 Å². The summed E-state index contributed by atoms with van der Waals surface area (Å²) in [7, 11) is 0. The Labute approximate surface area is 107 Å². The summed E-state index contributed by atoms with van der Waals surface area (Å²) in [5, 5.41) is 0.231. The van der Waals surface area contributed by atoms with Crippen molar-refractivity contribution in [3.05, 3.63) is 28.6 Å². The molecule has 0 saturated heterocycles. The lowest BCUT2D eigenvalue weighted by molar-refractivity contribution is -0.133. The standard InChI is InChI=1S/C12H10N2O5/c1-6(15)18-8-3-4-10-9(5-8)11(17)14-12(13-10)19-7(2)16/h3-5H,1-2H3,(H,13,14,17). The minimum absolute atomic E-state index is 0.176. The average Bonchev–Trinajstić information content (AvgIpc) is 2.28. The number of benzene rings is 1. The van der Waals surface area contributed by atoms with Crippen molar-refractivity contribution in [2.75, 3.05) is 0 Å². The van der Waals surface area contributed by atoms with E-state index in [1.807, 2.05) is 0 Å². The molecular formula is C12H10N2O5. The van der Waals surface area contributed by atoms with Crippen LogP contribution in [0, 0.1) is 0 Å². The Bertz CT molecular complexity index is 720. The molecule has 1 heterocycles. The predicted octanol–water partition coefficient (Wildman–Crippen LogP) is 0.774. The van der Waals surface area contributed by atoms with Crippen molar-refractivity contribution in [3.63, 3.8) is 0 Å². The fraction of sp³-hybridized carbons (Fsp3) is 0.167. The molecule has 0 amide bonds. The molecule has 0 aliphatic carbocycles. The van der Waals surface area contributed by atoms with E-state index in [9.17, 15) is 14.4 Å². The average molecular weight is 262 g/mol. The number of aromatic nitrogens is 2. The Morgan fingerprint density at radius 1 is 1.16 bits per heavy atom. The highest BCUT2D eigenvalue weighted by Gasteiger charge is 2.08. The molecule has 0 aliphatic heterocycles. The first-order valence-electron chi connectivity index (χ1n) is 5.36. The second-order valence-electron chi connectivity index (χ2n) is 3.74. The lowest BCUT2D eigenvalue weighted by atomic mass is 10.2.